The molecular formula is C13H11BrClN3. The maximum absolute atomic E-state index is 5.26. The van der Waals surface area contributed by atoms with Gasteiger partial charge < -0.3 is 0 Å². The van der Waals surface area contributed by atoms with Gasteiger partial charge in [0, 0.05) is 23.1 Å². The third-order valence-corrected chi connectivity index (χ3v) is 2.31. The van der Waals surface area contributed by atoms with Gasteiger partial charge in [0.15, 0.2) is 0 Å². The average molecular weight is 325 g/mol. The molecule has 0 aliphatic heterocycles. The zero-order valence-electron chi connectivity index (χ0n) is 9.45. The van der Waals surface area contributed by atoms with Crippen molar-refractivity contribution in [3.63, 3.8) is 0 Å². The van der Waals surface area contributed by atoms with E-state index in [2.05, 4.69) is 30.9 Å². The van der Waals surface area contributed by atoms with Crippen LogP contribution in [0.15, 0.2) is 68.3 Å². The summed E-state index contributed by atoms with van der Waals surface area (Å²) < 4.78 is 0.774. The zero-order valence-corrected chi connectivity index (χ0v) is 11.8. The van der Waals surface area contributed by atoms with E-state index in [1.165, 1.54) is 12.0 Å². The lowest BCUT2D eigenvalue weighted by Gasteiger charge is -1.87. The molecule has 0 amide bonds. The van der Waals surface area contributed by atoms with Crippen LogP contribution in [0.5, 0.6) is 0 Å². The maximum atomic E-state index is 5.26. The van der Waals surface area contributed by atoms with Crippen molar-refractivity contribution in [2.24, 2.45) is 15.0 Å². The van der Waals surface area contributed by atoms with E-state index in [1.54, 1.807) is 24.7 Å². The van der Waals surface area contributed by atoms with Crippen LogP contribution in [-0.2, 0) is 0 Å². The van der Waals surface area contributed by atoms with Crippen LogP contribution >= 0.6 is 27.5 Å². The van der Waals surface area contributed by atoms with E-state index in [-0.39, 0.29) is 0 Å². The van der Waals surface area contributed by atoms with Gasteiger partial charge in [-0.15, -0.1) is 0 Å². The highest BCUT2D eigenvalue weighted by atomic mass is 79.9. The molecule has 0 aliphatic carbocycles. The predicted octanol–water partition coefficient (Wildman–Crippen LogP) is 4.15. The Labute approximate surface area is 119 Å². The standard InChI is InChI=1S/C13H11BrClN3/c14-13(6-7-16-10-15)9-18-11-17-8-12-4-2-1-3-5-12/h1-11H/b7-6+,13-9+,16-10?,17-8?,18-11?. The number of hydrogen-bond donors (Lipinski definition) is 0. The summed E-state index contributed by atoms with van der Waals surface area (Å²) in [5.41, 5.74) is 2.22. The van der Waals surface area contributed by atoms with E-state index in [1.807, 2.05) is 30.3 Å². The van der Waals surface area contributed by atoms with Gasteiger partial charge in [0.1, 0.15) is 6.34 Å². The lowest BCUT2D eigenvalue weighted by atomic mass is 10.2. The molecule has 0 heterocycles. The molecule has 0 radical (unpaired) electrons. The van der Waals surface area contributed by atoms with Crippen LogP contribution in [0, 0.1) is 0 Å². The minimum absolute atomic E-state index is 0.774. The average Bonchev–Trinajstić information content (AvgIpc) is 2.40. The van der Waals surface area contributed by atoms with Gasteiger partial charge in [-0.2, -0.15) is 0 Å². The second-order valence-electron chi connectivity index (χ2n) is 3.03. The Morgan fingerprint density at radius 3 is 2.61 bits per heavy atom. The number of nitrogens with zero attached hydrogens (tertiary/aromatic N) is 3. The van der Waals surface area contributed by atoms with Crippen molar-refractivity contribution in [1.29, 1.82) is 0 Å². The van der Waals surface area contributed by atoms with Crippen molar-refractivity contribution in [2.45, 2.75) is 0 Å². The van der Waals surface area contributed by atoms with Gasteiger partial charge in [0.05, 0.1) is 5.67 Å². The van der Waals surface area contributed by atoms with Crippen LogP contribution in [0.1, 0.15) is 5.56 Å². The Bertz CT molecular complexity index is 490. The first-order chi connectivity index (χ1) is 8.83. The minimum Gasteiger partial charge on any atom is -0.252 e. The highest BCUT2D eigenvalue weighted by Gasteiger charge is 1.81. The van der Waals surface area contributed by atoms with Crippen molar-refractivity contribution >= 4 is 45.8 Å². The lowest BCUT2D eigenvalue weighted by Crippen LogP contribution is -1.78. The van der Waals surface area contributed by atoms with Gasteiger partial charge in [0.2, 0.25) is 0 Å². The van der Waals surface area contributed by atoms with Crippen LogP contribution in [0.25, 0.3) is 0 Å². The summed E-state index contributed by atoms with van der Waals surface area (Å²) >= 11 is 8.56. The SMILES string of the molecule is ClC=N/C=C/C(Br)=C\N=CN=Cc1ccccc1. The molecule has 0 aliphatic rings. The van der Waals surface area contributed by atoms with Gasteiger partial charge in [0.25, 0.3) is 0 Å². The third kappa shape index (κ3) is 6.93. The smallest absolute Gasteiger partial charge is 0.115 e. The van der Waals surface area contributed by atoms with E-state index < -0.39 is 0 Å². The highest BCUT2D eigenvalue weighted by molar-refractivity contribution is 9.11. The Morgan fingerprint density at radius 1 is 1.11 bits per heavy atom. The van der Waals surface area contributed by atoms with Gasteiger partial charge in [-0.05, 0) is 27.6 Å². The molecule has 1 aromatic carbocycles. The highest BCUT2D eigenvalue weighted by Crippen LogP contribution is 2.06. The van der Waals surface area contributed by atoms with Gasteiger partial charge >= 0.3 is 0 Å². The van der Waals surface area contributed by atoms with E-state index in [9.17, 15) is 0 Å². The minimum atomic E-state index is 0.774. The van der Waals surface area contributed by atoms with Crippen molar-refractivity contribution in [2.75, 3.05) is 0 Å². The fourth-order valence-corrected chi connectivity index (χ4v) is 1.29. The molecule has 1 rings (SSSR count). The molecule has 0 bridgehead atoms. The van der Waals surface area contributed by atoms with E-state index in [0.29, 0.717) is 0 Å². The number of rotatable bonds is 5. The molecule has 0 N–H and O–H groups in total. The van der Waals surface area contributed by atoms with Crippen LogP contribution in [0.4, 0.5) is 0 Å². The monoisotopic (exact) mass is 323 g/mol. The van der Waals surface area contributed by atoms with Crippen molar-refractivity contribution in [3.05, 3.63) is 58.9 Å². The molecule has 5 heteroatoms. The summed E-state index contributed by atoms with van der Waals surface area (Å²) in [6, 6.07) is 9.81. The maximum Gasteiger partial charge on any atom is 0.115 e. The number of aliphatic imine (C=N–C) groups is 3. The molecular weight excluding hydrogens is 314 g/mol. The van der Waals surface area contributed by atoms with Crippen molar-refractivity contribution in [3.8, 4) is 0 Å². The number of halogens is 2. The van der Waals surface area contributed by atoms with Crippen LogP contribution in [-0.4, -0.2) is 18.2 Å². The summed E-state index contributed by atoms with van der Waals surface area (Å²) in [6.45, 7) is 0. The molecule has 3 nitrogen and oxygen atoms in total. The van der Waals surface area contributed by atoms with Crippen LogP contribution in [0.2, 0.25) is 0 Å². The second kappa shape index (κ2) is 9.50. The molecule has 1 aromatic rings. The fraction of sp³-hybridized carbons (Fsp3) is 0. The Kier molecular flexibility index (Phi) is 7.68. The molecule has 18 heavy (non-hydrogen) atoms. The first kappa shape index (κ1) is 14.5. The molecule has 0 aromatic heterocycles. The van der Waals surface area contributed by atoms with E-state index >= 15 is 0 Å². The molecule has 0 saturated carbocycles. The predicted molar refractivity (Wildman–Crippen MR) is 83.0 cm³/mol. The van der Waals surface area contributed by atoms with Crippen molar-refractivity contribution in [1.82, 2.24) is 0 Å². The first-order valence-electron chi connectivity index (χ1n) is 5.07. The number of allylic oxidation sites excluding steroid dienone is 2. The van der Waals surface area contributed by atoms with Crippen LogP contribution < -0.4 is 0 Å². The lowest BCUT2D eigenvalue weighted by molar-refractivity contribution is 1.52. The summed E-state index contributed by atoms with van der Waals surface area (Å²) in [6.07, 6.45) is 8.09. The normalized spacial score (nSPS) is 13.6. The molecule has 0 fully saturated rings. The summed E-state index contributed by atoms with van der Waals surface area (Å²) in [5, 5.41) is 0. The number of hydrogen-bond acceptors (Lipinski definition) is 2. The molecule has 0 unspecified atom stereocenters. The molecule has 0 atom stereocenters. The van der Waals surface area contributed by atoms with Crippen molar-refractivity contribution < 1.29 is 0 Å². The zero-order chi connectivity index (χ0) is 13.1. The summed E-state index contributed by atoms with van der Waals surface area (Å²) in [5.74, 6) is 0. The van der Waals surface area contributed by atoms with Gasteiger partial charge in [-0.1, -0.05) is 41.9 Å². The number of benzene rings is 1. The Morgan fingerprint density at radius 2 is 1.89 bits per heavy atom. The fourth-order valence-electron chi connectivity index (χ4n) is 0.991. The Balaban J connectivity index is 2.46. The molecule has 92 valence electrons. The van der Waals surface area contributed by atoms with E-state index in [0.717, 1.165) is 10.0 Å². The molecule has 0 saturated heterocycles. The van der Waals surface area contributed by atoms with E-state index in [4.69, 9.17) is 11.6 Å². The van der Waals surface area contributed by atoms with Gasteiger partial charge in [-0.25, -0.2) is 9.98 Å². The van der Waals surface area contributed by atoms with Crippen LogP contribution in [0.3, 0.4) is 0 Å². The third-order valence-electron chi connectivity index (χ3n) is 1.73. The van der Waals surface area contributed by atoms with Gasteiger partial charge in [-0.3, -0.25) is 4.99 Å². The summed E-state index contributed by atoms with van der Waals surface area (Å²) in [4.78, 5) is 11.8. The molecule has 0 spiro atoms. The quantitative estimate of drug-likeness (QED) is 0.443. The first-order valence-corrected chi connectivity index (χ1v) is 6.30. The largest absolute Gasteiger partial charge is 0.252 e. The summed E-state index contributed by atoms with van der Waals surface area (Å²) in [7, 11) is 0. The topological polar surface area (TPSA) is 37.1 Å². The Hall–Kier alpha value is -1.52. The second-order valence-corrected chi connectivity index (χ2v) is 4.14.